The molecular weight excluding hydrogens is 399 g/mol. The van der Waals surface area contributed by atoms with Crippen molar-refractivity contribution in [1.29, 1.82) is 0 Å². The van der Waals surface area contributed by atoms with Gasteiger partial charge in [0.25, 0.3) is 5.91 Å². The quantitative estimate of drug-likeness (QED) is 0.634. The van der Waals surface area contributed by atoms with E-state index in [0.29, 0.717) is 11.4 Å². The van der Waals surface area contributed by atoms with Gasteiger partial charge in [0.2, 0.25) is 11.3 Å². The number of halogens is 1. The molecule has 0 saturated heterocycles. The van der Waals surface area contributed by atoms with Gasteiger partial charge in [-0.1, -0.05) is 30.3 Å². The molecule has 1 aromatic heterocycles. The van der Waals surface area contributed by atoms with Gasteiger partial charge in [-0.05, 0) is 43.7 Å². The molecule has 2 aromatic carbocycles. The van der Waals surface area contributed by atoms with Gasteiger partial charge in [0.15, 0.2) is 5.69 Å². The van der Waals surface area contributed by atoms with Crippen LogP contribution in [0.5, 0.6) is 0 Å². The zero-order valence-electron chi connectivity index (χ0n) is 17.3. The van der Waals surface area contributed by atoms with Gasteiger partial charge in [0, 0.05) is 24.8 Å². The molecule has 0 atom stereocenters. The molecule has 160 valence electrons. The molecule has 0 aliphatic carbocycles. The zero-order valence-corrected chi connectivity index (χ0v) is 17.3. The number of carbonyl (C=O) groups excluding carboxylic acids is 2. The number of rotatable bonds is 7. The van der Waals surface area contributed by atoms with Crippen LogP contribution in [-0.2, 0) is 11.3 Å². The fourth-order valence-electron chi connectivity index (χ4n) is 3.04. The van der Waals surface area contributed by atoms with Gasteiger partial charge < -0.3 is 10.2 Å². The third-order valence-electron chi connectivity index (χ3n) is 4.72. The van der Waals surface area contributed by atoms with Gasteiger partial charge in [-0.25, -0.2) is 9.07 Å². The molecule has 31 heavy (non-hydrogen) atoms. The number of hydrogen-bond acceptors (Lipinski definition) is 4. The Morgan fingerprint density at radius 2 is 1.77 bits per heavy atom. The molecule has 0 spiro atoms. The summed E-state index contributed by atoms with van der Waals surface area (Å²) in [5.41, 5.74) is 1.29. The molecule has 2 amide bonds. The Bertz CT molecular complexity index is 1130. The van der Waals surface area contributed by atoms with E-state index in [0.717, 1.165) is 5.56 Å². The number of likely N-dealkylation sites (N-methyl/N-ethyl adjacent to an activating group) is 1. The molecule has 0 fully saturated rings. The Balaban J connectivity index is 1.74. The predicted octanol–water partition coefficient (Wildman–Crippen LogP) is 2.46. The lowest BCUT2D eigenvalue weighted by atomic mass is 10.2. The van der Waals surface area contributed by atoms with Crippen LogP contribution >= 0.6 is 0 Å². The highest BCUT2D eigenvalue weighted by Gasteiger charge is 2.22. The molecule has 0 aliphatic heterocycles. The molecule has 0 bridgehead atoms. The van der Waals surface area contributed by atoms with E-state index in [1.807, 2.05) is 30.3 Å². The number of benzene rings is 2. The first-order chi connectivity index (χ1) is 14.9. The first-order valence-corrected chi connectivity index (χ1v) is 9.86. The number of aromatic nitrogens is 2. The number of nitrogens with zero attached hydrogens (tertiary/aromatic N) is 3. The third-order valence-corrected chi connectivity index (χ3v) is 4.72. The van der Waals surface area contributed by atoms with Crippen LogP contribution in [0.2, 0.25) is 0 Å². The molecule has 0 aliphatic rings. The van der Waals surface area contributed by atoms with Crippen molar-refractivity contribution in [1.82, 2.24) is 20.0 Å². The van der Waals surface area contributed by atoms with Crippen LogP contribution in [0.4, 0.5) is 4.39 Å². The Hall–Kier alpha value is -3.81. The topological polar surface area (TPSA) is 84.3 Å². The maximum absolute atomic E-state index is 13.0. The van der Waals surface area contributed by atoms with Crippen molar-refractivity contribution in [3.63, 3.8) is 0 Å². The number of amides is 2. The summed E-state index contributed by atoms with van der Waals surface area (Å²) in [7, 11) is 0. The van der Waals surface area contributed by atoms with Gasteiger partial charge in [-0.2, -0.15) is 5.10 Å². The average molecular weight is 422 g/mol. The van der Waals surface area contributed by atoms with Crippen molar-refractivity contribution in [3.05, 3.63) is 93.7 Å². The fraction of sp³-hybridized carbons (Fsp3) is 0.217. The number of carbonyl (C=O) groups is 2. The fourth-order valence-corrected chi connectivity index (χ4v) is 3.04. The van der Waals surface area contributed by atoms with Crippen LogP contribution in [-0.4, -0.2) is 39.6 Å². The second-order valence-corrected chi connectivity index (χ2v) is 6.97. The van der Waals surface area contributed by atoms with Crippen LogP contribution in [0.15, 0.2) is 65.5 Å². The third kappa shape index (κ3) is 5.42. The average Bonchev–Trinajstić information content (AvgIpc) is 2.77. The standard InChI is InChI=1S/C23H23FN4O3/c1-3-27(15-21(30)25-14-17-9-11-18(24)12-10-17)23(31)22-20(29)13-16(2)28(26-22)19-7-5-4-6-8-19/h4-13H,3,14-15H2,1-2H3,(H,25,30). The van der Waals surface area contributed by atoms with Crippen molar-refractivity contribution < 1.29 is 14.0 Å². The molecule has 8 heteroatoms. The second-order valence-electron chi connectivity index (χ2n) is 6.97. The van der Waals surface area contributed by atoms with Gasteiger partial charge >= 0.3 is 0 Å². The van der Waals surface area contributed by atoms with E-state index in [2.05, 4.69) is 10.4 Å². The van der Waals surface area contributed by atoms with Crippen LogP contribution in [0.3, 0.4) is 0 Å². The Morgan fingerprint density at radius 3 is 2.42 bits per heavy atom. The highest BCUT2D eigenvalue weighted by atomic mass is 19.1. The van der Waals surface area contributed by atoms with E-state index < -0.39 is 17.2 Å². The minimum Gasteiger partial charge on any atom is -0.350 e. The molecule has 1 N–H and O–H groups in total. The molecule has 7 nitrogen and oxygen atoms in total. The molecule has 1 heterocycles. The van der Waals surface area contributed by atoms with Crippen molar-refractivity contribution >= 4 is 11.8 Å². The summed E-state index contributed by atoms with van der Waals surface area (Å²) in [6.45, 7) is 3.65. The van der Waals surface area contributed by atoms with E-state index in [9.17, 15) is 18.8 Å². The lowest BCUT2D eigenvalue weighted by molar-refractivity contribution is -0.121. The Kier molecular flexibility index (Phi) is 6.92. The highest BCUT2D eigenvalue weighted by Crippen LogP contribution is 2.09. The predicted molar refractivity (Wildman–Crippen MR) is 114 cm³/mol. The van der Waals surface area contributed by atoms with Crippen molar-refractivity contribution in [2.24, 2.45) is 0 Å². The molecule has 0 unspecified atom stereocenters. The van der Waals surface area contributed by atoms with Crippen molar-refractivity contribution in [2.45, 2.75) is 20.4 Å². The summed E-state index contributed by atoms with van der Waals surface area (Å²) >= 11 is 0. The minimum absolute atomic E-state index is 0.203. The van der Waals surface area contributed by atoms with Crippen LogP contribution in [0.1, 0.15) is 28.7 Å². The Morgan fingerprint density at radius 1 is 1.10 bits per heavy atom. The van der Waals surface area contributed by atoms with Gasteiger partial charge in [0.1, 0.15) is 5.82 Å². The lowest BCUT2D eigenvalue weighted by Crippen LogP contribution is -2.42. The lowest BCUT2D eigenvalue weighted by Gasteiger charge is -2.20. The second kappa shape index (κ2) is 9.80. The van der Waals surface area contributed by atoms with E-state index in [4.69, 9.17) is 0 Å². The maximum atomic E-state index is 13.0. The van der Waals surface area contributed by atoms with E-state index >= 15 is 0 Å². The maximum Gasteiger partial charge on any atom is 0.278 e. The summed E-state index contributed by atoms with van der Waals surface area (Å²) < 4.78 is 14.5. The smallest absolute Gasteiger partial charge is 0.278 e. The van der Waals surface area contributed by atoms with Gasteiger partial charge in [-0.3, -0.25) is 14.4 Å². The monoisotopic (exact) mass is 422 g/mol. The summed E-state index contributed by atoms with van der Waals surface area (Å²) in [4.78, 5) is 39.0. The van der Waals surface area contributed by atoms with E-state index in [1.165, 1.54) is 27.8 Å². The van der Waals surface area contributed by atoms with Gasteiger partial charge in [-0.15, -0.1) is 0 Å². The largest absolute Gasteiger partial charge is 0.350 e. The van der Waals surface area contributed by atoms with E-state index in [-0.39, 0.29) is 31.1 Å². The van der Waals surface area contributed by atoms with Gasteiger partial charge in [0.05, 0.1) is 12.2 Å². The van der Waals surface area contributed by atoms with Crippen LogP contribution in [0.25, 0.3) is 5.69 Å². The Labute approximate surface area is 179 Å². The normalized spacial score (nSPS) is 10.5. The number of aryl methyl sites for hydroxylation is 1. The van der Waals surface area contributed by atoms with Crippen molar-refractivity contribution in [2.75, 3.05) is 13.1 Å². The number of para-hydroxylation sites is 1. The van der Waals surface area contributed by atoms with Crippen LogP contribution < -0.4 is 10.7 Å². The summed E-state index contributed by atoms with van der Waals surface area (Å²) in [6.07, 6.45) is 0. The SMILES string of the molecule is CCN(CC(=O)NCc1ccc(F)cc1)C(=O)c1nn(-c2ccccc2)c(C)cc1=O. The van der Waals surface area contributed by atoms with Crippen molar-refractivity contribution in [3.8, 4) is 5.69 Å². The van der Waals surface area contributed by atoms with Crippen LogP contribution in [0, 0.1) is 12.7 Å². The molecule has 0 saturated carbocycles. The number of nitrogens with one attached hydrogen (secondary N) is 1. The summed E-state index contributed by atoms with van der Waals surface area (Å²) in [5, 5.41) is 6.96. The number of hydrogen-bond donors (Lipinski definition) is 1. The molecule has 3 aromatic rings. The molecule has 0 radical (unpaired) electrons. The highest BCUT2D eigenvalue weighted by molar-refractivity contribution is 5.94. The zero-order chi connectivity index (χ0) is 22.4. The minimum atomic E-state index is -0.617. The summed E-state index contributed by atoms with van der Waals surface area (Å²) in [5.74, 6) is -1.37. The first kappa shape index (κ1) is 21.9. The molecular formula is C23H23FN4O3. The summed E-state index contributed by atoms with van der Waals surface area (Å²) in [6, 6.07) is 16.3. The molecule has 3 rings (SSSR count). The first-order valence-electron chi connectivity index (χ1n) is 9.86. The van der Waals surface area contributed by atoms with E-state index in [1.54, 1.807) is 26.0 Å².